The highest BCUT2D eigenvalue weighted by molar-refractivity contribution is 7.14. The molecule has 0 saturated carbocycles. The van der Waals surface area contributed by atoms with Crippen LogP contribution in [0.5, 0.6) is 11.5 Å². The van der Waals surface area contributed by atoms with E-state index in [9.17, 15) is 14.0 Å². The van der Waals surface area contributed by atoms with Gasteiger partial charge in [-0.05, 0) is 24.3 Å². The number of hydrogen-bond donors (Lipinski definition) is 2. The molecule has 0 saturated heterocycles. The van der Waals surface area contributed by atoms with Crippen molar-refractivity contribution in [2.45, 2.75) is 0 Å². The number of hydrogen-bond acceptors (Lipinski definition) is 6. The monoisotopic (exact) mass is 435 g/mol. The minimum atomic E-state index is -0.678. The highest BCUT2D eigenvalue weighted by Gasteiger charge is 2.18. The number of nitrogens with one attached hydrogen (secondary N) is 1. The Morgan fingerprint density at radius 1 is 1.31 bits per heavy atom. The average Bonchev–Trinajstić information content (AvgIpc) is 3.14. The number of anilines is 1. The lowest BCUT2D eigenvalue weighted by Gasteiger charge is -2.13. The Morgan fingerprint density at radius 2 is 2.10 bits per heavy atom. The van der Waals surface area contributed by atoms with Crippen LogP contribution in [0.1, 0.15) is 10.4 Å². The van der Waals surface area contributed by atoms with Crippen LogP contribution in [0, 0.1) is 5.82 Å². The van der Waals surface area contributed by atoms with Gasteiger partial charge < -0.3 is 15.2 Å². The number of thiazole rings is 1. The fraction of sp³-hybridized carbons (Fsp3) is 0.105. The Bertz CT molecular complexity index is 1070. The van der Waals surface area contributed by atoms with Gasteiger partial charge in [0.25, 0.3) is 11.8 Å². The van der Waals surface area contributed by atoms with E-state index in [4.69, 9.17) is 26.8 Å². The van der Waals surface area contributed by atoms with Gasteiger partial charge in [-0.1, -0.05) is 23.7 Å². The molecule has 0 atom stereocenters. The third-order valence-corrected chi connectivity index (χ3v) is 4.73. The second kappa shape index (κ2) is 8.89. The summed E-state index contributed by atoms with van der Waals surface area (Å²) in [6.45, 7) is -0.385. The summed E-state index contributed by atoms with van der Waals surface area (Å²) in [5, 5.41) is 4.77. The van der Waals surface area contributed by atoms with Gasteiger partial charge in [-0.2, -0.15) is 0 Å². The SMILES string of the molecule is COc1cc(C(=O)Nc2nc(-c3cccc(F)c3)cs2)cc(Cl)c1OCC(N)=O. The van der Waals surface area contributed by atoms with Crippen molar-refractivity contribution >= 4 is 39.9 Å². The maximum atomic E-state index is 13.4. The Kier molecular flexibility index (Phi) is 6.30. The van der Waals surface area contributed by atoms with Crippen molar-refractivity contribution in [3.8, 4) is 22.8 Å². The summed E-state index contributed by atoms with van der Waals surface area (Å²) in [6.07, 6.45) is 0. The number of aromatic nitrogens is 1. The third kappa shape index (κ3) is 5.01. The van der Waals surface area contributed by atoms with E-state index in [0.29, 0.717) is 16.4 Å². The molecule has 0 aliphatic rings. The minimum Gasteiger partial charge on any atom is -0.493 e. The summed E-state index contributed by atoms with van der Waals surface area (Å²) in [7, 11) is 1.37. The van der Waals surface area contributed by atoms with Gasteiger partial charge in [0, 0.05) is 16.5 Å². The zero-order valence-corrected chi connectivity index (χ0v) is 16.6. The van der Waals surface area contributed by atoms with Gasteiger partial charge in [0.05, 0.1) is 17.8 Å². The molecule has 3 rings (SSSR count). The number of halogens is 2. The average molecular weight is 436 g/mol. The van der Waals surface area contributed by atoms with E-state index in [1.54, 1.807) is 17.5 Å². The van der Waals surface area contributed by atoms with Crippen LogP contribution >= 0.6 is 22.9 Å². The van der Waals surface area contributed by atoms with E-state index in [1.165, 1.54) is 42.7 Å². The van der Waals surface area contributed by atoms with Crippen molar-refractivity contribution in [2.24, 2.45) is 5.73 Å². The van der Waals surface area contributed by atoms with Gasteiger partial charge in [0.15, 0.2) is 23.2 Å². The number of ether oxygens (including phenoxy) is 2. The van der Waals surface area contributed by atoms with E-state index >= 15 is 0 Å². The molecule has 10 heteroatoms. The number of benzene rings is 2. The molecule has 1 heterocycles. The molecule has 0 fully saturated rings. The van der Waals surface area contributed by atoms with Crippen LogP contribution < -0.4 is 20.5 Å². The summed E-state index contributed by atoms with van der Waals surface area (Å²) in [5.41, 5.74) is 6.39. The summed E-state index contributed by atoms with van der Waals surface area (Å²) < 4.78 is 23.8. The summed E-state index contributed by atoms with van der Waals surface area (Å²) in [6, 6.07) is 8.79. The zero-order valence-electron chi connectivity index (χ0n) is 15.1. The number of nitrogens with two attached hydrogens (primary N) is 1. The molecule has 0 unspecified atom stereocenters. The van der Waals surface area contributed by atoms with Crippen molar-refractivity contribution in [1.29, 1.82) is 0 Å². The van der Waals surface area contributed by atoms with Gasteiger partial charge in [0.1, 0.15) is 5.82 Å². The molecular formula is C19H15ClFN3O4S. The summed E-state index contributed by atoms with van der Waals surface area (Å²) in [4.78, 5) is 27.8. The fourth-order valence-electron chi connectivity index (χ4n) is 2.42. The molecule has 2 aromatic carbocycles. The van der Waals surface area contributed by atoms with Crippen LogP contribution in [0.3, 0.4) is 0 Å². The largest absolute Gasteiger partial charge is 0.493 e. The summed E-state index contributed by atoms with van der Waals surface area (Å²) in [5.74, 6) is -1.26. The van der Waals surface area contributed by atoms with E-state index in [0.717, 1.165) is 0 Å². The number of amides is 2. The molecule has 1 aromatic heterocycles. The highest BCUT2D eigenvalue weighted by Crippen LogP contribution is 2.36. The van der Waals surface area contributed by atoms with Crippen molar-refractivity contribution in [2.75, 3.05) is 19.0 Å². The van der Waals surface area contributed by atoms with E-state index < -0.39 is 11.8 Å². The fourth-order valence-corrected chi connectivity index (χ4v) is 3.40. The van der Waals surface area contributed by atoms with Gasteiger partial charge in [-0.15, -0.1) is 11.3 Å². The van der Waals surface area contributed by atoms with Crippen molar-refractivity contribution in [3.63, 3.8) is 0 Å². The standard InChI is InChI=1S/C19H15ClFN3O4S/c1-27-15-7-11(6-13(20)17(15)28-8-16(22)25)18(26)24-19-23-14(9-29-19)10-3-2-4-12(21)5-10/h2-7,9H,8H2,1H3,(H2,22,25)(H,23,24,26). The Labute approximate surface area is 174 Å². The first kappa shape index (κ1) is 20.6. The molecule has 0 bridgehead atoms. The van der Waals surface area contributed by atoms with E-state index in [1.807, 2.05) is 0 Å². The van der Waals surface area contributed by atoms with Crippen LogP contribution in [0.4, 0.5) is 9.52 Å². The smallest absolute Gasteiger partial charge is 0.257 e. The molecule has 3 aromatic rings. The first-order valence-electron chi connectivity index (χ1n) is 8.19. The molecule has 0 aliphatic carbocycles. The van der Waals surface area contributed by atoms with Gasteiger partial charge in [-0.3, -0.25) is 14.9 Å². The van der Waals surface area contributed by atoms with Crippen molar-refractivity contribution in [3.05, 3.63) is 58.2 Å². The van der Waals surface area contributed by atoms with Gasteiger partial charge in [0.2, 0.25) is 0 Å². The molecular weight excluding hydrogens is 421 g/mol. The van der Waals surface area contributed by atoms with Crippen LogP contribution in [0.2, 0.25) is 5.02 Å². The lowest BCUT2D eigenvalue weighted by atomic mass is 10.2. The van der Waals surface area contributed by atoms with Crippen molar-refractivity contribution < 1.29 is 23.5 Å². The third-order valence-electron chi connectivity index (χ3n) is 3.70. The molecule has 7 nitrogen and oxygen atoms in total. The van der Waals surface area contributed by atoms with Gasteiger partial charge >= 0.3 is 0 Å². The lowest BCUT2D eigenvalue weighted by molar-refractivity contribution is -0.119. The Hall–Kier alpha value is -3.17. The normalized spacial score (nSPS) is 10.4. The number of rotatable bonds is 7. The maximum absolute atomic E-state index is 13.4. The molecule has 0 spiro atoms. The molecule has 2 amide bonds. The maximum Gasteiger partial charge on any atom is 0.257 e. The van der Waals surface area contributed by atoms with Crippen LogP contribution in [-0.4, -0.2) is 30.5 Å². The summed E-state index contributed by atoms with van der Waals surface area (Å²) >= 11 is 7.35. The minimum absolute atomic E-state index is 0.0790. The van der Waals surface area contributed by atoms with Crippen molar-refractivity contribution in [1.82, 2.24) is 4.98 Å². The zero-order chi connectivity index (χ0) is 21.0. The number of carbonyl (C=O) groups excluding carboxylic acids is 2. The first-order valence-corrected chi connectivity index (χ1v) is 9.44. The van der Waals surface area contributed by atoms with E-state index in [-0.39, 0.29) is 34.5 Å². The quantitative estimate of drug-likeness (QED) is 0.588. The van der Waals surface area contributed by atoms with Crippen LogP contribution in [-0.2, 0) is 4.79 Å². The van der Waals surface area contributed by atoms with E-state index in [2.05, 4.69) is 10.3 Å². The van der Waals surface area contributed by atoms with Gasteiger partial charge in [-0.25, -0.2) is 9.37 Å². The second-order valence-electron chi connectivity index (χ2n) is 5.75. The molecule has 0 aliphatic heterocycles. The van der Waals surface area contributed by atoms with Crippen LogP contribution in [0.25, 0.3) is 11.3 Å². The number of carbonyl (C=O) groups is 2. The topological polar surface area (TPSA) is 104 Å². The van der Waals surface area contributed by atoms with Crippen LogP contribution in [0.15, 0.2) is 41.8 Å². The molecule has 29 heavy (non-hydrogen) atoms. The Morgan fingerprint density at radius 3 is 2.79 bits per heavy atom. The molecule has 0 radical (unpaired) electrons. The Balaban J connectivity index is 1.79. The predicted octanol–water partition coefficient (Wildman–Crippen LogP) is 3.73. The number of primary amides is 1. The predicted molar refractivity (Wildman–Crippen MR) is 108 cm³/mol. The number of methoxy groups -OCH3 is 1. The second-order valence-corrected chi connectivity index (χ2v) is 7.01. The molecule has 150 valence electrons. The first-order chi connectivity index (χ1) is 13.9. The number of nitrogens with zero attached hydrogens (tertiary/aromatic N) is 1. The highest BCUT2D eigenvalue weighted by atomic mass is 35.5. The molecule has 3 N–H and O–H groups in total. The lowest BCUT2D eigenvalue weighted by Crippen LogP contribution is -2.20.